The smallest absolute Gasteiger partial charge is 0.224 e. The molecule has 1 amide bonds. The fraction of sp³-hybridized carbons (Fsp3) is 0.600. The molecule has 7 heteroatoms. The van der Waals surface area contributed by atoms with Gasteiger partial charge in [-0.25, -0.2) is 4.98 Å². The van der Waals surface area contributed by atoms with Crippen molar-refractivity contribution < 1.29 is 14.0 Å². The zero-order valence-corrected chi connectivity index (χ0v) is 25.5. The molecule has 1 aromatic carbocycles. The maximum absolute atomic E-state index is 13.6. The Hall–Kier alpha value is -3.06. The lowest BCUT2D eigenvalue weighted by Crippen LogP contribution is -2.41. The molecule has 1 N–H and O–H groups in total. The molecule has 3 aliphatic rings. The van der Waals surface area contributed by atoms with Gasteiger partial charge >= 0.3 is 0 Å². The summed E-state index contributed by atoms with van der Waals surface area (Å²) in [7, 11) is 0. The molecule has 1 spiro atoms. The third kappa shape index (κ3) is 6.46. The van der Waals surface area contributed by atoms with Gasteiger partial charge in [0.15, 0.2) is 5.76 Å². The van der Waals surface area contributed by atoms with E-state index in [2.05, 4.69) is 53.3 Å². The summed E-state index contributed by atoms with van der Waals surface area (Å²) < 4.78 is 6.34. The normalized spacial score (nSPS) is 20.7. The van der Waals surface area contributed by atoms with Crippen LogP contribution in [0.15, 0.2) is 40.9 Å². The van der Waals surface area contributed by atoms with Crippen molar-refractivity contribution in [2.24, 2.45) is 11.3 Å². The highest BCUT2D eigenvalue weighted by Crippen LogP contribution is 2.59. The number of pyridine rings is 1. The molecule has 1 aliphatic heterocycles. The molecular formula is C35H46N4O3. The van der Waals surface area contributed by atoms with Crippen molar-refractivity contribution >= 4 is 22.6 Å². The van der Waals surface area contributed by atoms with Gasteiger partial charge in [0, 0.05) is 47.4 Å². The highest BCUT2D eigenvalue weighted by Gasteiger charge is 2.58. The number of hydrogen-bond donors (Lipinski definition) is 1. The number of benzene rings is 1. The Kier molecular flexibility index (Phi) is 8.49. The van der Waals surface area contributed by atoms with Gasteiger partial charge in [0.2, 0.25) is 11.8 Å². The molecule has 2 saturated carbocycles. The molecule has 2 atom stereocenters. The number of fused-ring (bicyclic) bond motifs is 1. The fourth-order valence-electron chi connectivity index (χ4n) is 6.79. The van der Waals surface area contributed by atoms with Crippen molar-refractivity contribution in [3.8, 4) is 11.3 Å². The average molecular weight is 571 g/mol. The van der Waals surface area contributed by atoms with Crippen LogP contribution in [0.2, 0.25) is 0 Å². The minimum Gasteiger partial charge on any atom is -0.438 e. The first-order valence-corrected chi connectivity index (χ1v) is 16.3. The van der Waals surface area contributed by atoms with Crippen LogP contribution in [-0.2, 0) is 9.59 Å². The number of nitrogens with zero attached hydrogens (tertiary/aromatic N) is 3. The van der Waals surface area contributed by atoms with Gasteiger partial charge in [-0.3, -0.25) is 14.6 Å². The van der Waals surface area contributed by atoms with Crippen LogP contribution in [0.3, 0.4) is 0 Å². The third-order valence-corrected chi connectivity index (χ3v) is 10.0. The minimum absolute atomic E-state index is 0.0828. The van der Waals surface area contributed by atoms with Gasteiger partial charge in [0.05, 0.1) is 11.7 Å². The second-order valence-corrected chi connectivity index (χ2v) is 13.3. The second kappa shape index (κ2) is 12.3. The Morgan fingerprint density at radius 2 is 1.90 bits per heavy atom. The summed E-state index contributed by atoms with van der Waals surface area (Å²) in [6.45, 7) is 8.58. The molecule has 0 radical (unpaired) electrons. The minimum atomic E-state index is -0.273. The molecule has 1 saturated heterocycles. The molecule has 3 heterocycles. The highest BCUT2D eigenvalue weighted by molar-refractivity contribution is 5.84. The molecule has 42 heavy (non-hydrogen) atoms. The first kappa shape index (κ1) is 29.0. The SMILES string of the molecule is CCC(=O)CCCCC[C@H](NC(=O)[C@H]1CC12CCN(C(C)C)CC2)c1ncc(-c2ccc3nc(C4CC4)ccc3c2)o1. The summed E-state index contributed by atoms with van der Waals surface area (Å²) in [5, 5.41) is 4.43. The Morgan fingerprint density at radius 3 is 2.64 bits per heavy atom. The molecule has 0 unspecified atom stereocenters. The largest absolute Gasteiger partial charge is 0.438 e. The van der Waals surface area contributed by atoms with Crippen molar-refractivity contribution in [3.05, 3.63) is 48.1 Å². The van der Waals surface area contributed by atoms with Crippen molar-refractivity contribution in [1.82, 2.24) is 20.2 Å². The summed E-state index contributed by atoms with van der Waals surface area (Å²) in [4.78, 5) is 37.3. The van der Waals surface area contributed by atoms with E-state index in [-0.39, 0.29) is 23.3 Å². The number of aromatic nitrogens is 2. The van der Waals surface area contributed by atoms with Crippen LogP contribution in [0.1, 0.15) is 115 Å². The number of likely N-dealkylation sites (tertiary alicyclic amines) is 1. The Labute approximate surface area is 249 Å². The van der Waals surface area contributed by atoms with Gasteiger partial charge < -0.3 is 14.6 Å². The first-order valence-electron chi connectivity index (χ1n) is 16.3. The highest BCUT2D eigenvalue weighted by atomic mass is 16.4. The van der Waals surface area contributed by atoms with Gasteiger partial charge in [0.25, 0.3) is 0 Å². The monoisotopic (exact) mass is 570 g/mol. The summed E-state index contributed by atoms with van der Waals surface area (Å²) in [5.41, 5.74) is 3.33. The Balaban J connectivity index is 1.13. The summed E-state index contributed by atoms with van der Waals surface area (Å²) in [6, 6.07) is 10.8. The van der Waals surface area contributed by atoms with Crippen LogP contribution in [0.25, 0.3) is 22.2 Å². The van der Waals surface area contributed by atoms with Crippen molar-refractivity contribution in [2.75, 3.05) is 13.1 Å². The molecular weight excluding hydrogens is 524 g/mol. The number of amides is 1. The molecule has 7 nitrogen and oxygen atoms in total. The van der Waals surface area contributed by atoms with Crippen molar-refractivity contribution in [3.63, 3.8) is 0 Å². The summed E-state index contributed by atoms with van der Waals surface area (Å²) in [5.74, 6) is 2.43. The lowest BCUT2D eigenvalue weighted by atomic mass is 9.90. The van der Waals surface area contributed by atoms with E-state index in [1.54, 1.807) is 6.20 Å². The fourth-order valence-corrected chi connectivity index (χ4v) is 6.79. The van der Waals surface area contributed by atoms with Crippen LogP contribution in [0.5, 0.6) is 0 Å². The molecule has 3 aromatic rings. The number of ketones is 1. The number of nitrogens with one attached hydrogen (secondary N) is 1. The van der Waals surface area contributed by atoms with Gasteiger partial charge in [-0.2, -0.15) is 0 Å². The zero-order valence-electron chi connectivity index (χ0n) is 25.5. The number of carbonyl (C=O) groups is 2. The van der Waals surface area contributed by atoms with E-state index in [1.807, 2.05) is 13.0 Å². The summed E-state index contributed by atoms with van der Waals surface area (Å²) >= 11 is 0. The summed E-state index contributed by atoms with van der Waals surface area (Å²) in [6.07, 6.45) is 12.2. The van der Waals surface area contributed by atoms with Crippen LogP contribution >= 0.6 is 0 Å². The molecule has 2 aromatic heterocycles. The lowest BCUT2D eigenvalue weighted by Gasteiger charge is -2.35. The molecule has 3 fully saturated rings. The van der Waals surface area contributed by atoms with Gasteiger partial charge in [0.1, 0.15) is 11.8 Å². The first-order chi connectivity index (χ1) is 20.3. The third-order valence-electron chi connectivity index (χ3n) is 10.0. The number of hydrogen-bond acceptors (Lipinski definition) is 6. The Morgan fingerprint density at radius 1 is 1.10 bits per heavy atom. The quantitative estimate of drug-likeness (QED) is 0.216. The number of Topliss-reactive ketones (excluding diaryl/α,β-unsaturated/α-hetero) is 1. The van der Waals surface area contributed by atoms with E-state index in [1.165, 1.54) is 18.5 Å². The number of rotatable bonds is 13. The van der Waals surface area contributed by atoms with Gasteiger partial charge in [-0.1, -0.05) is 25.8 Å². The predicted octanol–water partition coefficient (Wildman–Crippen LogP) is 7.36. The number of carbonyl (C=O) groups excluding carboxylic acids is 2. The zero-order chi connectivity index (χ0) is 29.3. The van der Waals surface area contributed by atoms with E-state index in [0.29, 0.717) is 42.2 Å². The van der Waals surface area contributed by atoms with Crippen LogP contribution in [0.4, 0.5) is 0 Å². The molecule has 0 bridgehead atoms. The standard InChI is InChI=1S/C35H46N4O3/c1-4-27(40)8-6-5-7-9-31(38-33(41)28-21-35(28)16-18-39(19-17-35)23(2)3)34-36-22-32(42-34)26-13-15-30-25(20-26)12-14-29(37-30)24-10-11-24/h12-15,20,22-24,28,31H,4-11,16-19,21H2,1-3H3,(H,38,41)/t28-,31+/m1/s1. The topological polar surface area (TPSA) is 88.3 Å². The molecule has 6 rings (SSSR count). The molecule has 224 valence electrons. The Bertz CT molecular complexity index is 1420. The van der Waals surface area contributed by atoms with Crippen molar-refractivity contribution in [2.45, 2.75) is 109 Å². The maximum atomic E-state index is 13.6. The average Bonchev–Trinajstić information content (AvgIpc) is 3.92. The van der Waals surface area contributed by atoms with E-state index < -0.39 is 0 Å². The van der Waals surface area contributed by atoms with E-state index in [4.69, 9.17) is 9.40 Å². The van der Waals surface area contributed by atoms with Crippen molar-refractivity contribution in [1.29, 1.82) is 0 Å². The van der Waals surface area contributed by atoms with Crippen LogP contribution < -0.4 is 5.32 Å². The lowest BCUT2D eigenvalue weighted by molar-refractivity contribution is -0.124. The van der Waals surface area contributed by atoms with Gasteiger partial charge in [-0.15, -0.1) is 0 Å². The molecule has 2 aliphatic carbocycles. The number of piperidine rings is 1. The van der Waals surface area contributed by atoms with E-state index >= 15 is 0 Å². The van der Waals surface area contributed by atoms with Gasteiger partial charge in [-0.05, 0) is 102 Å². The number of oxazole rings is 1. The second-order valence-electron chi connectivity index (χ2n) is 13.3. The van der Waals surface area contributed by atoms with Crippen LogP contribution in [-0.4, -0.2) is 45.7 Å². The van der Waals surface area contributed by atoms with E-state index in [0.717, 1.165) is 74.5 Å². The van der Waals surface area contributed by atoms with Crippen LogP contribution in [0, 0.1) is 11.3 Å². The van der Waals surface area contributed by atoms with E-state index in [9.17, 15) is 9.59 Å². The maximum Gasteiger partial charge on any atom is 0.224 e. The predicted molar refractivity (Wildman–Crippen MR) is 165 cm³/mol. The number of unbranched alkanes of at least 4 members (excludes halogenated alkanes) is 2.